The molecule has 14 heteroatoms. The average Bonchev–Trinajstić information content (AvgIpc) is 3.66. The van der Waals surface area contributed by atoms with Crippen molar-refractivity contribution in [2.24, 2.45) is 17.8 Å². The molecule has 53 heavy (non-hydrogen) atoms. The number of rotatable bonds is 9. The first-order valence-electron chi connectivity index (χ1n) is 18.2. The van der Waals surface area contributed by atoms with Gasteiger partial charge in [0, 0.05) is 51.2 Å². The lowest BCUT2D eigenvalue weighted by atomic mass is 9.77. The molecular formula is C39H57N3O11. The Morgan fingerprint density at radius 1 is 1.17 bits per heavy atom. The standard InChI is InChI=1S/C39H57N3O11/c1-13-15-17-41(11)29-19-25(5)49-36(33(29)50-28(8)43)52-34-26(6)32(45)27(7)35(46)51-30(14-2)38(9,53-37(47)42-18-16-40-22-42)20-23(3)31(44)24(4)21-39(34,10)48-12/h1,16,18,20,22,24-27,29-30,33-34,36H,14-15,17,19,21H2,2-12H3/t24-,25-,26+,27-,29+,30-,33-,34-,36+,38+,39-/m1/s1. The summed E-state index contributed by atoms with van der Waals surface area (Å²) in [6.07, 6.45) is 6.96. The normalized spacial score (nSPS) is 34.7. The zero-order chi connectivity index (χ0) is 39.8. The minimum Gasteiger partial charge on any atom is -0.457 e. The van der Waals surface area contributed by atoms with Crippen molar-refractivity contribution in [3.8, 4) is 12.3 Å². The highest BCUT2D eigenvalue weighted by Crippen LogP contribution is 2.38. The minimum absolute atomic E-state index is 0.0728. The molecule has 1 aromatic rings. The summed E-state index contributed by atoms with van der Waals surface area (Å²) in [6.45, 7) is 15.1. The molecular weight excluding hydrogens is 686 g/mol. The summed E-state index contributed by atoms with van der Waals surface area (Å²) in [5.41, 5.74) is -2.67. The molecule has 0 spiro atoms. The summed E-state index contributed by atoms with van der Waals surface area (Å²) in [5, 5.41) is 0. The first-order valence-corrected chi connectivity index (χ1v) is 18.2. The largest absolute Gasteiger partial charge is 0.457 e. The van der Waals surface area contributed by atoms with E-state index in [1.54, 1.807) is 41.5 Å². The molecule has 14 nitrogen and oxygen atoms in total. The SMILES string of the molecule is C#CCCN(C)[C@H]1C[C@@H](C)O[C@@H](O[C@@H]2[C@@H](C)C(=O)[C@@H](C)C(=O)O[C@H](CC)[C@@](C)(OC(=O)n3ccnc3)C=C(C)C(=O)[C@H](C)C[C@@]2(C)OC)[C@@H]1OC(C)=O. The maximum atomic E-state index is 14.3. The van der Waals surface area contributed by atoms with Crippen molar-refractivity contribution < 1.29 is 52.4 Å². The molecule has 3 rings (SSSR count). The van der Waals surface area contributed by atoms with Crippen LogP contribution in [0, 0.1) is 30.1 Å². The zero-order valence-electron chi connectivity index (χ0n) is 33.0. The lowest BCUT2D eigenvalue weighted by molar-refractivity contribution is -0.298. The molecule has 0 saturated carbocycles. The third-order valence-corrected chi connectivity index (χ3v) is 10.4. The van der Waals surface area contributed by atoms with E-state index in [9.17, 15) is 24.0 Å². The lowest BCUT2D eigenvalue weighted by Gasteiger charge is -2.48. The van der Waals surface area contributed by atoms with E-state index in [-0.39, 0.29) is 36.3 Å². The fourth-order valence-electron chi connectivity index (χ4n) is 7.44. The van der Waals surface area contributed by atoms with E-state index in [1.807, 2.05) is 18.9 Å². The maximum absolute atomic E-state index is 14.3. The Balaban J connectivity index is 2.13. The smallest absolute Gasteiger partial charge is 0.420 e. The van der Waals surface area contributed by atoms with Gasteiger partial charge in [0.2, 0.25) is 0 Å². The lowest BCUT2D eigenvalue weighted by Crippen LogP contribution is -2.60. The molecule has 2 aliphatic heterocycles. The van der Waals surface area contributed by atoms with Gasteiger partial charge in [0.05, 0.1) is 23.9 Å². The predicted octanol–water partition coefficient (Wildman–Crippen LogP) is 4.53. The summed E-state index contributed by atoms with van der Waals surface area (Å²) < 4.78 is 38.0. The van der Waals surface area contributed by atoms with Gasteiger partial charge < -0.3 is 28.4 Å². The molecule has 3 heterocycles. The Morgan fingerprint density at radius 3 is 2.42 bits per heavy atom. The number of terminal acetylenes is 1. The summed E-state index contributed by atoms with van der Waals surface area (Å²) >= 11 is 0. The van der Waals surface area contributed by atoms with Gasteiger partial charge in [-0.1, -0.05) is 20.8 Å². The number of allylic oxidation sites excluding steroid dienone is 1. The van der Waals surface area contributed by atoms with Crippen molar-refractivity contribution in [3.05, 3.63) is 30.4 Å². The Morgan fingerprint density at radius 2 is 1.85 bits per heavy atom. The van der Waals surface area contributed by atoms with Crippen LogP contribution in [0.15, 0.2) is 30.4 Å². The predicted molar refractivity (Wildman–Crippen MR) is 193 cm³/mol. The van der Waals surface area contributed by atoms with Gasteiger partial charge >= 0.3 is 18.0 Å². The second-order valence-electron chi connectivity index (χ2n) is 14.8. The summed E-state index contributed by atoms with van der Waals surface area (Å²) in [7, 11) is 3.33. The van der Waals surface area contributed by atoms with E-state index < -0.39 is 77.4 Å². The Kier molecular flexibility index (Phi) is 15.1. The van der Waals surface area contributed by atoms with E-state index in [1.165, 1.54) is 45.8 Å². The molecule has 2 aliphatic rings. The van der Waals surface area contributed by atoms with Gasteiger partial charge in [-0.05, 0) is 72.6 Å². The van der Waals surface area contributed by atoms with Gasteiger partial charge in [-0.3, -0.25) is 24.1 Å². The van der Waals surface area contributed by atoms with Crippen molar-refractivity contribution in [2.45, 2.75) is 136 Å². The van der Waals surface area contributed by atoms with Crippen LogP contribution in [0.1, 0.15) is 88.0 Å². The highest BCUT2D eigenvalue weighted by atomic mass is 16.7. The van der Waals surface area contributed by atoms with Gasteiger partial charge in [0.25, 0.3) is 0 Å². The number of imidazole rings is 1. The van der Waals surface area contributed by atoms with Gasteiger partial charge in [-0.25, -0.2) is 14.3 Å². The van der Waals surface area contributed by atoms with Crippen LogP contribution in [-0.2, 0) is 47.6 Å². The van der Waals surface area contributed by atoms with Crippen LogP contribution in [0.3, 0.4) is 0 Å². The van der Waals surface area contributed by atoms with Crippen molar-refractivity contribution >= 4 is 29.6 Å². The first kappa shape index (κ1) is 43.5. The second-order valence-corrected chi connectivity index (χ2v) is 14.8. The molecule has 0 aliphatic carbocycles. The number of ketones is 2. The first-order chi connectivity index (χ1) is 24.8. The van der Waals surface area contributed by atoms with E-state index in [0.717, 1.165) is 4.57 Å². The van der Waals surface area contributed by atoms with Crippen LogP contribution in [0.2, 0.25) is 0 Å². The number of methoxy groups -OCH3 is 1. The number of likely N-dealkylation sites (N-methyl/N-ethyl adjacent to an activating group) is 1. The maximum Gasteiger partial charge on any atom is 0.420 e. The van der Waals surface area contributed by atoms with Crippen LogP contribution in [0.4, 0.5) is 4.79 Å². The van der Waals surface area contributed by atoms with Crippen molar-refractivity contribution in [2.75, 3.05) is 20.7 Å². The van der Waals surface area contributed by atoms with Crippen LogP contribution < -0.4 is 0 Å². The quantitative estimate of drug-likeness (QED) is 0.150. The van der Waals surface area contributed by atoms with E-state index >= 15 is 0 Å². The molecule has 0 aromatic carbocycles. The topological polar surface area (TPSA) is 162 Å². The molecule has 0 amide bonds. The van der Waals surface area contributed by atoms with Crippen molar-refractivity contribution in [1.82, 2.24) is 14.5 Å². The minimum atomic E-state index is -1.61. The molecule has 1 saturated heterocycles. The Bertz CT molecular complexity index is 1540. The molecule has 0 unspecified atom stereocenters. The number of esters is 2. The number of aromatic nitrogens is 2. The van der Waals surface area contributed by atoms with Crippen LogP contribution in [0.5, 0.6) is 0 Å². The highest BCUT2D eigenvalue weighted by molar-refractivity contribution is 6.00. The Labute approximate surface area is 313 Å². The molecule has 1 aromatic heterocycles. The van der Waals surface area contributed by atoms with Crippen LogP contribution in [-0.4, -0.2) is 113 Å². The molecule has 11 atom stereocenters. The highest BCUT2D eigenvalue weighted by Gasteiger charge is 2.51. The summed E-state index contributed by atoms with van der Waals surface area (Å²) in [4.78, 5) is 73.7. The molecule has 0 radical (unpaired) electrons. The number of hydrogen-bond donors (Lipinski definition) is 0. The van der Waals surface area contributed by atoms with Gasteiger partial charge in [-0.2, -0.15) is 0 Å². The number of hydrogen-bond acceptors (Lipinski definition) is 13. The van der Waals surface area contributed by atoms with Crippen LogP contribution >= 0.6 is 0 Å². The fourth-order valence-corrected chi connectivity index (χ4v) is 7.44. The fraction of sp³-hybridized carbons (Fsp3) is 0.692. The zero-order valence-corrected chi connectivity index (χ0v) is 33.0. The van der Waals surface area contributed by atoms with Gasteiger partial charge in [0.1, 0.15) is 18.3 Å². The molecule has 294 valence electrons. The number of carbonyl (C=O) groups excluding carboxylic acids is 5. The number of nitrogens with zero attached hydrogens (tertiary/aromatic N) is 3. The molecule has 1 fully saturated rings. The molecule has 0 N–H and O–H groups in total. The average molecular weight is 744 g/mol. The third kappa shape index (κ3) is 10.4. The number of carbonyl (C=O) groups is 5. The molecule has 0 bridgehead atoms. The summed E-state index contributed by atoms with van der Waals surface area (Å²) in [5.74, 6) is -2.58. The number of ether oxygens (including phenoxy) is 6. The van der Waals surface area contributed by atoms with E-state index in [2.05, 4.69) is 10.9 Å². The van der Waals surface area contributed by atoms with Crippen molar-refractivity contribution in [1.29, 1.82) is 0 Å². The van der Waals surface area contributed by atoms with Gasteiger partial charge in [0.15, 0.2) is 29.6 Å². The third-order valence-electron chi connectivity index (χ3n) is 10.4. The van der Waals surface area contributed by atoms with Crippen LogP contribution in [0.25, 0.3) is 0 Å². The Hall–Kier alpha value is -3.90. The number of Topliss-reactive ketones (excluding diaryl/α,β-unsaturated/α-hetero) is 2. The van der Waals surface area contributed by atoms with E-state index in [0.29, 0.717) is 19.4 Å². The van der Waals surface area contributed by atoms with Gasteiger partial charge in [-0.15, -0.1) is 12.3 Å². The van der Waals surface area contributed by atoms with E-state index in [4.69, 9.17) is 34.8 Å². The van der Waals surface area contributed by atoms with Crippen molar-refractivity contribution in [3.63, 3.8) is 0 Å². The monoisotopic (exact) mass is 743 g/mol. The number of cyclic esters (lactones) is 1. The summed E-state index contributed by atoms with van der Waals surface area (Å²) in [6, 6.07) is -0.343. The second kappa shape index (κ2) is 18.4.